The number of unbranched alkanes of at least 4 members (excludes halogenated alkanes) is 6. The lowest BCUT2D eigenvalue weighted by Crippen LogP contribution is -2.63. The van der Waals surface area contributed by atoms with Gasteiger partial charge in [-0.15, -0.1) is 0 Å². The fourth-order valence-corrected chi connectivity index (χ4v) is 5.05. The van der Waals surface area contributed by atoms with Crippen LogP contribution in [0.15, 0.2) is 0 Å². The number of esters is 4. The van der Waals surface area contributed by atoms with Crippen LogP contribution in [-0.2, 0) is 47.6 Å². The zero-order valence-electron chi connectivity index (χ0n) is 29.5. The predicted molar refractivity (Wildman–Crippen MR) is 174 cm³/mol. The van der Waals surface area contributed by atoms with Crippen molar-refractivity contribution in [1.29, 1.82) is 0 Å². The second-order valence-electron chi connectivity index (χ2n) is 12.3. The minimum Gasteiger partial charge on any atom is -0.463 e. The van der Waals surface area contributed by atoms with Gasteiger partial charge >= 0.3 is 23.9 Å². The highest BCUT2D eigenvalue weighted by atomic mass is 16.7. The summed E-state index contributed by atoms with van der Waals surface area (Å²) in [6, 6.07) is 0. The molecule has 15 nitrogen and oxygen atoms in total. The van der Waals surface area contributed by atoms with Crippen molar-refractivity contribution in [2.75, 3.05) is 19.8 Å². The fourth-order valence-electron chi connectivity index (χ4n) is 5.05. The van der Waals surface area contributed by atoms with E-state index in [-0.39, 0.29) is 25.7 Å². The third-order valence-electron chi connectivity index (χ3n) is 7.97. The van der Waals surface area contributed by atoms with Crippen molar-refractivity contribution in [1.82, 2.24) is 0 Å². The summed E-state index contributed by atoms with van der Waals surface area (Å²) in [4.78, 5) is 51.6. The van der Waals surface area contributed by atoms with Crippen LogP contribution in [0.2, 0.25) is 0 Å². The smallest absolute Gasteiger partial charge is 0.306 e. The molecule has 0 bridgehead atoms. The lowest BCUT2D eigenvalue weighted by molar-refractivity contribution is -0.313. The summed E-state index contributed by atoms with van der Waals surface area (Å²) in [5, 5.41) is 49.8. The Labute approximate surface area is 289 Å². The van der Waals surface area contributed by atoms with Crippen LogP contribution >= 0.6 is 0 Å². The first-order valence-electron chi connectivity index (χ1n) is 17.8. The number of carbonyl (C=O) groups is 4. The maximum absolute atomic E-state index is 13.1. The number of carbonyl (C=O) groups excluding carboxylic acids is 4. The van der Waals surface area contributed by atoms with Crippen LogP contribution in [0.4, 0.5) is 0 Å². The van der Waals surface area contributed by atoms with E-state index < -0.39 is 98.8 Å². The van der Waals surface area contributed by atoms with Gasteiger partial charge in [0.2, 0.25) is 0 Å². The molecule has 0 aliphatic carbocycles. The highest BCUT2D eigenvalue weighted by Crippen LogP contribution is 2.31. The standard InChI is InChI=1S/C34H60O15/c1-5-9-12-16-25(38)44-21-24-31(47-27(40)17-13-10-6-2)32(48-28(41)18-14-11-7-3)33(49-26(39)15-8-4)34(46-24)45-20-23(37)30(43)29(42)22(36)19-35/h22-24,29-37,42-43H,5-21H2,1-4H3/t22-,23-,24-,29-,30-,31-,32+,33+,34-/m1/s1. The quantitative estimate of drug-likeness (QED) is 0.0492. The van der Waals surface area contributed by atoms with Crippen LogP contribution in [-0.4, -0.2) is 124 Å². The molecule has 15 heteroatoms. The molecule has 0 unspecified atom stereocenters. The van der Waals surface area contributed by atoms with Crippen molar-refractivity contribution in [3.05, 3.63) is 0 Å². The Hall–Kier alpha value is -2.40. The van der Waals surface area contributed by atoms with Crippen molar-refractivity contribution < 1.29 is 73.1 Å². The van der Waals surface area contributed by atoms with Crippen LogP contribution in [0.5, 0.6) is 0 Å². The molecule has 1 rings (SSSR count). The van der Waals surface area contributed by atoms with Gasteiger partial charge in [0.25, 0.3) is 0 Å². The molecule has 9 atom stereocenters. The molecule has 0 saturated carbocycles. The van der Waals surface area contributed by atoms with Crippen molar-refractivity contribution in [2.24, 2.45) is 0 Å². The van der Waals surface area contributed by atoms with Gasteiger partial charge in [0.15, 0.2) is 24.6 Å². The summed E-state index contributed by atoms with van der Waals surface area (Å²) in [5.74, 6) is -2.56. The average molecular weight is 709 g/mol. The van der Waals surface area contributed by atoms with E-state index in [1.807, 2.05) is 20.8 Å². The molecule has 0 aromatic carbocycles. The van der Waals surface area contributed by atoms with Gasteiger partial charge < -0.3 is 54.0 Å². The zero-order chi connectivity index (χ0) is 36.8. The molecule has 0 aromatic rings. The maximum atomic E-state index is 13.1. The minimum atomic E-state index is -1.98. The van der Waals surface area contributed by atoms with Crippen LogP contribution in [0.3, 0.4) is 0 Å². The maximum Gasteiger partial charge on any atom is 0.306 e. The Morgan fingerprint density at radius 3 is 1.57 bits per heavy atom. The molecular weight excluding hydrogens is 648 g/mol. The highest BCUT2D eigenvalue weighted by Gasteiger charge is 2.53. The van der Waals surface area contributed by atoms with Crippen molar-refractivity contribution >= 4 is 23.9 Å². The predicted octanol–water partition coefficient (Wildman–Crippen LogP) is 1.98. The van der Waals surface area contributed by atoms with Crippen LogP contribution in [0, 0.1) is 0 Å². The number of hydrogen-bond donors (Lipinski definition) is 5. The first kappa shape index (κ1) is 44.6. The van der Waals surface area contributed by atoms with Gasteiger partial charge in [-0.2, -0.15) is 0 Å². The van der Waals surface area contributed by atoms with Gasteiger partial charge in [-0.05, 0) is 25.7 Å². The van der Waals surface area contributed by atoms with E-state index in [0.29, 0.717) is 25.7 Å². The number of rotatable bonds is 26. The molecular formula is C34H60O15. The summed E-state index contributed by atoms with van der Waals surface area (Å²) >= 11 is 0. The average Bonchev–Trinajstić information content (AvgIpc) is 3.07. The van der Waals surface area contributed by atoms with Crippen molar-refractivity contribution in [2.45, 2.75) is 173 Å². The fraction of sp³-hybridized carbons (Fsp3) is 0.882. The zero-order valence-corrected chi connectivity index (χ0v) is 29.5. The molecule has 286 valence electrons. The van der Waals surface area contributed by atoms with Gasteiger partial charge in [0.1, 0.15) is 37.1 Å². The molecule has 1 saturated heterocycles. The van der Waals surface area contributed by atoms with Gasteiger partial charge in [0.05, 0.1) is 13.2 Å². The van der Waals surface area contributed by atoms with Crippen molar-refractivity contribution in [3.8, 4) is 0 Å². The Morgan fingerprint density at radius 1 is 0.592 bits per heavy atom. The Kier molecular flexibility index (Phi) is 23.3. The van der Waals surface area contributed by atoms with Crippen LogP contribution in [0.25, 0.3) is 0 Å². The van der Waals surface area contributed by atoms with Crippen LogP contribution < -0.4 is 0 Å². The third kappa shape index (κ3) is 16.9. The van der Waals surface area contributed by atoms with E-state index in [0.717, 1.165) is 38.5 Å². The Balaban J connectivity index is 3.52. The van der Waals surface area contributed by atoms with Crippen molar-refractivity contribution in [3.63, 3.8) is 0 Å². The highest BCUT2D eigenvalue weighted by molar-refractivity contribution is 5.72. The SMILES string of the molecule is CCCCCC(=O)OC[C@H]1O[C@@H](OC[C@@H](O)[C@@H](O)[C@H](O)[C@H](O)CO)[C@@H](OC(=O)CCC)[C@@H](OC(=O)CCCCC)[C@@H]1OC(=O)CCCCC. The second kappa shape index (κ2) is 25.5. The molecule has 0 aromatic heterocycles. The summed E-state index contributed by atoms with van der Waals surface area (Å²) < 4.78 is 34.7. The van der Waals surface area contributed by atoms with E-state index in [1.54, 1.807) is 6.92 Å². The lowest BCUT2D eigenvalue weighted by Gasteiger charge is -2.44. The number of ether oxygens (including phenoxy) is 6. The largest absolute Gasteiger partial charge is 0.463 e. The molecule has 0 amide bonds. The normalized spacial score (nSPS) is 23.2. The Morgan fingerprint density at radius 2 is 1.06 bits per heavy atom. The minimum absolute atomic E-state index is 0.0105. The molecule has 1 aliphatic heterocycles. The molecule has 1 fully saturated rings. The number of aliphatic hydroxyl groups is 5. The summed E-state index contributed by atoms with van der Waals surface area (Å²) in [6.07, 6.45) is -7.82. The monoisotopic (exact) mass is 708 g/mol. The number of hydrogen-bond acceptors (Lipinski definition) is 15. The molecule has 0 spiro atoms. The third-order valence-corrected chi connectivity index (χ3v) is 7.97. The van der Waals surface area contributed by atoms with E-state index in [9.17, 15) is 39.6 Å². The first-order valence-corrected chi connectivity index (χ1v) is 17.8. The Bertz CT molecular complexity index is 947. The van der Waals surface area contributed by atoms with E-state index >= 15 is 0 Å². The van der Waals surface area contributed by atoms with E-state index in [2.05, 4.69) is 0 Å². The van der Waals surface area contributed by atoms with Gasteiger partial charge in [-0.1, -0.05) is 66.2 Å². The molecule has 1 heterocycles. The number of aliphatic hydroxyl groups excluding tert-OH is 5. The lowest BCUT2D eigenvalue weighted by atomic mass is 9.97. The topological polar surface area (TPSA) is 225 Å². The summed E-state index contributed by atoms with van der Waals surface area (Å²) in [6.45, 7) is 5.56. The van der Waals surface area contributed by atoms with Gasteiger partial charge in [-0.3, -0.25) is 19.2 Å². The molecule has 49 heavy (non-hydrogen) atoms. The van der Waals surface area contributed by atoms with Gasteiger partial charge in [0, 0.05) is 25.7 Å². The van der Waals surface area contributed by atoms with Crippen LogP contribution in [0.1, 0.15) is 118 Å². The summed E-state index contributed by atoms with van der Waals surface area (Å²) in [5.41, 5.74) is 0. The second-order valence-corrected chi connectivity index (χ2v) is 12.3. The molecule has 5 N–H and O–H groups in total. The molecule has 0 radical (unpaired) electrons. The van der Waals surface area contributed by atoms with E-state index in [4.69, 9.17) is 33.5 Å². The van der Waals surface area contributed by atoms with Gasteiger partial charge in [-0.25, -0.2) is 0 Å². The molecule has 1 aliphatic rings. The van der Waals surface area contributed by atoms with E-state index in [1.165, 1.54) is 0 Å². The summed E-state index contributed by atoms with van der Waals surface area (Å²) in [7, 11) is 0. The first-order chi connectivity index (χ1) is 23.4.